The number of aliphatic carboxylic acids is 2. The molecule has 0 rings (SSSR count). The van der Waals surface area contributed by atoms with E-state index in [-0.39, 0.29) is 11.1 Å². The van der Waals surface area contributed by atoms with Gasteiger partial charge in [-0.15, -0.1) is 0 Å². The van der Waals surface area contributed by atoms with Gasteiger partial charge in [-0.1, -0.05) is 13.2 Å². The van der Waals surface area contributed by atoms with E-state index in [0.717, 1.165) is 13.2 Å². The fourth-order valence-corrected chi connectivity index (χ4v) is 0.204. The summed E-state index contributed by atoms with van der Waals surface area (Å²) in [6, 6.07) is 0. The van der Waals surface area contributed by atoms with Crippen molar-refractivity contribution in [1.82, 2.24) is 0 Å². The first-order valence-corrected chi connectivity index (χ1v) is 5.02. The molecule has 0 aliphatic rings. The smallest absolute Gasteiger partial charge is 0.0666 e. The van der Waals surface area contributed by atoms with Gasteiger partial charge in [0.05, 0.1) is 11.9 Å². The third kappa shape index (κ3) is 31.4. The zero-order valence-corrected chi connectivity index (χ0v) is 10.9. The van der Waals surface area contributed by atoms with Crippen LogP contribution in [-0.2, 0) is 14.3 Å². The molecule has 0 atom stereocenters. The molecule has 0 unspecified atom stereocenters. The third-order valence-corrected chi connectivity index (χ3v) is 1.11. The summed E-state index contributed by atoms with van der Waals surface area (Å²) in [7, 11) is 0. The Bertz CT molecular complexity index is 206. The van der Waals surface area contributed by atoms with E-state index >= 15 is 0 Å². The van der Waals surface area contributed by atoms with Crippen LogP contribution in [0, 0.1) is 0 Å². The second-order valence-electron chi connectivity index (χ2n) is 2.92. The molecule has 0 aliphatic carbocycles. The fraction of sp³-hybridized carbons (Fsp3) is 0.500. The number of ether oxygens (including phenoxy) is 1. The van der Waals surface area contributed by atoms with Crippen LogP contribution >= 0.6 is 0 Å². The summed E-state index contributed by atoms with van der Waals surface area (Å²) >= 11 is 0. The van der Waals surface area contributed by atoms with Crippen molar-refractivity contribution in [3.63, 3.8) is 0 Å². The number of carboxylic acid groups (broad SMARTS) is 2. The Morgan fingerprint density at radius 2 is 1.12 bits per heavy atom. The van der Waals surface area contributed by atoms with Crippen molar-refractivity contribution in [1.29, 1.82) is 0 Å². The maximum absolute atomic E-state index is 9.49. The predicted octanol–water partition coefficient (Wildman–Crippen LogP) is -0.332. The lowest BCUT2D eigenvalue weighted by molar-refractivity contribution is -0.300. The van der Waals surface area contributed by atoms with Gasteiger partial charge >= 0.3 is 0 Å². The highest BCUT2D eigenvalue weighted by atomic mass is 16.5. The average molecular weight is 244 g/mol. The summed E-state index contributed by atoms with van der Waals surface area (Å²) in [6.45, 7) is 14.6. The van der Waals surface area contributed by atoms with Crippen LogP contribution in [0.15, 0.2) is 24.3 Å². The van der Waals surface area contributed by atoms with Crippen molar-refractivity contribution in [3.8, 4) is 0 Å². The molecule has 0 aromatic heterocycles. The molecule has 5 heteroatoms. The summed E-state index contributed by atoms with van der Waals surface area (Å²) in [4.78, 5) is 19.0. The van der Waals surface area contributed by atoms with Crippen molar-refractivity contribution >= 4 is 11.9 Å². The van der Waals surface area contributed by atoms with E-state index in [0.29, 0.717) is 0 Å². The Labute approximate surface area is 102 Å². The molecule has 5 nitrogen and oxygen atoms in total. The summed E-state index contributed by atoms with van der Waals surface area (Å²) in [5, 5.41) is 19.0. The Hall–Kier alpha value is -1.62. The first-order valence-electron chi connectivity index (χ1n) is 5.02. The first kappa shape index (κ1) is 20.8. The number of carbonyl (C=O) groups excluding carboxylic acids is 2. The first-order chi connectivity index (χ1) is 7.70. The van der Waals surface area contributed by atoms with Crippen LogP contribution in [0.2, 0.25) is 0 Å². The number of hydrogen-bond acceptors (Lipinski definition) is 5. The van der Waals surface area contributed by atoms with Gasteiger partial charge in [-0.2, -0.15) is 0 Å². The molecule has 0 radical (unpaired) electrons. The topological polar surface area (TPSA) is 89.5 Å². The molecular weight excluding hydrogens is 224 g/mol. The van der Waals surface area contributed by atoms with E-state index in [9.17, 15) is 19.8 Å². The minimum absolute atomic E-state index is 0.0648. The van der Waals surface area contributed by atoms with Crippen LogP contribution < -0.4 is 10.2 Å². The van der Waals surface area contributed by atoms with E-state index in [1.807, 2.05) is 13.8 Å². The van der Waals surface area contributed by atoms with E-state index in [1.165, 1.54) is 13.8 Å². The molecule has 100 valence electrons. The quantitative estimate of drug-likeness (QED) is 0.631. The number of hydrogen-bond donors (Lipinski definition) is 0. The lowest BCUT2D eigenvalue weighted by Gasteiger charge is -1.93. The lowest BCUT2D eigenvalue weighted by atomic mass is 10.4. The zero-order chi connectivity index (χ0) is 14.4. The van der Waals surface area contributed by atoms with Crippen molar-refractivity contribution < 1.29 is 24.5 Å². The van der Waals surface area contributed by atoms with Crippen molar-refractivity contribution in [2.24, 2.45) is 0 Å². The van der Waals surface area contributed by atoms with E-state index in [2.05, 4.69) is 13.2 Å². The van der Waals surface area contributed by atoms with Crippen LogP contribution in [-0.4, -0.2) is 25.2 Å². The monoisotopic (exact) mass is 244 g/mol. The molecule has 0 amide bonds. The van der Waals surface area contributed by atoms with Gasteiger partial charge in [0.25, 0.3) is 0 Å². The van der Waals surface area contributed by atoms with Gasteiger partial charge in [-0.05, 0) is 38.8 Å². The second-order valence-corrected chi connectivity index (χ2v) is 2.92. The molecule has 0 saturated heterocycles. The molecule has 0 aromatic rings. The van der Waals surface area contributed by atoms with Gasteiger partial charge < -0.3 is 24.5 Å². The number of carboxylic acids is 2. The molecule has 17 heavy (non-hydrogen) atoms. The average Bonchev–Trinajstić information content (AvgIpc) is 2.20. The van der Waals surface area contributed by atoms with E-state index < -0.39 is 11.9 Å². The highest BCUT2D eigenvalue weighted by Crippen LogP contribution is 1.77. The predicted molar refractivity (Wildman–Crippen MR) is 61.8 cm³/mol. The van der Waals surface area contributed by atoms with Crippen LogP contribution in [0.25, 0.3) is 0 Å². The molecule has 0 N–H and O–H groups in total. The van der Waals surface area contributed by atoms with Crippen LogP contribution in [0.3, 0.4) is 0 Å². The molecule has 0 fully saturated rings. The van der Waals surface area contributed by atoms with Gasteiger partial charge in [-0.25, -0.2) is 0 Å². The Morgan fingerprint density at radius 3 is 1.12 bits per heavy atom. The van der Waals surface area contributed by atoms with E-state index in [1.54, 1.807) is 0 Å². The van der Waals surface area contributed by atoms with Crippen LogP contribution in [0.1, 0.15) is 27.7 Å². The minimum Gasteiger partial charge on any atom is -0.545 e. The molecule has 0 aromatic carbocycles. The molecule has 0 saturated carbocycles. The largest absolute Gasteiger partial charge is 0.545 e. The summed E-state index contributed by atoms with van der Waals surface area (Å²) < 4.78 is 4.83. The van der Waals surface area contributed by atoms with Gasteiger partial charge in [0.1, 0.15) is 0 Å². The second kappa shape index (κ2) is 14.4. The maximum atomic E-state index is 9.49. The minimum atomic E-state index is -1.19. The lowest BCUT2D eigenvalue weighted by Crippen LogP contribution is -2.22. The fourth-order valence-electron chi connectivity index (χ4n) is 0.204. The van der Waals surface area contributed by atoms with E-state index in [4.69, 9.17) is 4.74 Å². The third-order valence-electron chi connectivity index (χ3n) is 1.11. The zero-order valence-electron chi connectivity index (χ0n) is 10.9. The van der Waals surface area contributed by atoms with Gasteiger partial charge in [0, 0.05) is 13.2 Å². The van der Waals surface area contributed by atoms with Crippen molar-refractivity contribution in [3.05, 3.63) is 24.3 Å². The van der Waals surface area contributed by atoms with Crippen LogP contribution in [0.5, 0.6) is 0 Å². The van der Waals surface area contributed by atoms with Crippen molar-refractivity contribution in [2.75, 3.05) is 13.2 Å². The van der Waals surface area contributed by atoms with Gasteiger partial charge in [-0.3, -0.25) is 0 Å². The number of carbonyl (C=O) groups is 2. The molecule has 0 heterocycles. The molecule has 0 bridgehead atoms. The summed E-state index contributed by atoms with van der Waals surface area (Å²) in [5.41, 5.74) is 0.130. The van der Waals surface area contributed by atoms with Gasteiger partial charge in [0.2, 0.25) is 0 Å². The van der Waals surface area contributed by atoms with Gasteiger partial charge in [0.15, 0.2) is 0 Å². The maximum Gasteiger partial charge on any atom is 0.0666 e. The standard InChI is InChI=1S/2C4H6O2.C4H10O/c2*1-3(2)4(5)6;1-3-5-4-2/h2*1H2,2H3,(H,5,6);3-4H2,1-2H3/p-2. The molecular formula is C12H20O5-2. The highest BCUT2D eigenvalue weighted by Gasteiger charge is 1.76. The van der Waals surface area contributed by atoms with Crippen molar-refractivity contribution in [2.45, 2.75) is 27.7 Å². The summed E-state index contributed by atoms with van der Waals surface area (Å²) in [5.74, 6) is -2.37. The normalized spacial score (nSPS) is 7.76. The summed E-state index contributed by atoms with van der Waals surface area (Å²) in [6.07, 6.45) is 0. The Balaban J connectivity index is -0.000000174. The molecule has 0 aliphatic heterocycles. The Morgan fingerprint density at radius 1 is 0.941 bits per heavy atom. The number of rotatable bonds is 4. The highest BCUT2D eigenvalue weighted by molar-refractivity contribution is 5.83. The SMILES string of the molecule is C=C(C)C(=O)[O-].C=C(C)C(=O)[O-].CCOCC. The molecule has 0 spiro atoms. The Kier molecular flexibility index (Phi) is 17.6. The van der Waals surface area contributed by atoms with Crippen LogP contribution in [0.4, 0.5) is 0 Å².